The van der Waals surface area contributed by atoms with Gasteiger partial charge in [-0.2, -0.15) is 4.98 Å². The van der Waals surface area contributed by atoms with E-state index in [9.17, 15) is 4.79 Å². The normalized spacial score (nSPS) is 22.0. The minimum absolute atomic E-state index is 0.102. The molecule has 110 valence electrons. The Hall–Kier alpha value is -2.25. The molecule has 1 aromatic heterocycles. The lowest BCUT2D eigenvalue weighted by molar-refractivity contribution is -0.123. The Morgan fingerprint density at radius 1 is 1.38 bits per heavy atom. The summed E-state index contributed by atoms with van der Waals surface area (Å²) in [4.78, 5) is 16.2. The number of rotatable bonds is 3. The lowest BCUT2D eigenvalue weighted by Gasteiger charge is -2.29. The summed E-state index contributed by atoms with van der Waals surface area (Å²) in [6.07, 6.45) is 1.14. The molecule has 1 aliphatic rings. The van der Waals surface area contributed by atoms with Crippen LogP contribution < -0.4 is 10.6 Å². The average Bonchev–Trinajstić information content (AvgIpc) is 3.02. The van der Waals surface area contributed by atoms with E-state index in [0.29, 0.717) is 24.7 Å². The first kappa shape index (κ1) is 13.7. The van der Waals surface area contributed by atoms with Gasteiger partial charge in [0.1, 0.15) is 6.04 Å². The number of hydrogen-bond acceptors (Lipinski definition) is 6. The number of benzene rings is 1. The molecule has 0 radical (unpaired) electrons. The quantitative estimate of drug-likeness (QED) is 0.877. The Bertz CT molecular complexity index is 597. The second kappa shape index (κ2) is 6.02. The predicted octanol–water partition coefficient (Wildman–Crippen LogP) is 1.05. The summed E-state index contributed by atoms with van der Waals surface area (Å²) in [5.74, 6) is 0.415. The number of hydrogen-bond donors (Lipinski definition) is 2. The zero-order valence-electron chi connectivity index (χ0n) is 11.6. The molecule has 2 N–H and O–H groups in total. The lowest BCUT2D eigenvalue weighted by Crippen LogP contribution is -2.53. The molecule has 0 bridgehead atoms. The number of aromatic nitrogens is 2. The molecule has 1 aliphatic heterocycles. The first-order chi connectivity index (χ1) is 10.2. The fraction of sp³-hybridized carbons (Fsp3) is 0.357. The summed E-state index contributed by atoms with van der Waals surface area (Å²) in [5.41, 5.74) is 1.54. The van der Waals surface area contributed by atoms with E-state index >= 15 is 0 Å². The van der Waals surface area contributed by atoms with Gasteiger partial charge < -0.3 is 19.9 Å². The molecule has 1 saturated heterocycles. The van der Waals surface area contributed by atoms with Crippen molar-refractivity contribution in [1.29, 1.82) is 0 Å². The molecular formula is C14H16N4O3. The van der Waals surface area contributed by atoms with Crippen molar-refractivity contribution in [1.82, 2.24) is 15.5 Å². The van der Waals surface area contributed by atoms with Gasteiger partial charge in [-0.05, 0) is 31.2 Å². The fourth-order valence-electron chi connectivity index (χ4n) is 2.25. The summed E-state index contributed by atoms with van der Waals surface area (Å²) < 4.78 is 10.2. The van der Waals surface area contributed by atoms with Gasteiger partial charge >= 0.3 is 0 Å². The Kier molecular flexibility index (Phi) is 3.94. The monoisotopic (exact) mass is 288 g/mol. The summed E-state index contributed by atoms with van der Waals surface area (Å²) in [5, 5.41) is 9.78. The first-order valence-electron chi connectivity index (χ1n) is 6.77. The van der Waals surface area contributed by atoms with E-state index in [-0.39, 0.29) is 18.1 Å². The maximum Gasteiger partial charge on any atom is 0.244 e. The summed E-state index contributed by atoms with van der Waals surface area (Å²) in [6.45, 7) is 3.19. The molecule has 1 amide bonds. The van der Waals surface area contributed by atoms with Crippen molar-refractivity contribution in [2.24, 2.45) is 0 Å². The van der Waals surface area contributed by atoms with Crippen LogP contribution in [0.15, 0.2) is 35.2 Å². The van der Waals surface area contributed by atoms with E-state index in [0.717, 1.165) is 5.56 Å². The smallest absolute Gasteiger partial charge is 0.244 e. The average molecular weight is 288 g/mol. The third kappa shape index (κ3) is 3.09. The molecule has 0 unspecified atom stereocenters. The maximum atomic E-state index is 12.2. The first-order valence-corrected chi connectivity index (χ1v) is 6.77. The van der Waals surface area contributed by atoms with Crippen LogP contribution in [0.25, 0.3) is 11.4 Å². The molecule has 7 heteroatoms. The number of carbonyl (C=O) groups excluding carboxylic acids is 1. The van der Waals surface area contributed by atoms with Crippen LogP contribution in [0, 0.1) is 0 Å². The second-order valence-corrected chi connectivity index (χ2v) is 4.83. The van der Waals surface area contributed by atoms with Crippen LogP contribution in [0.3, 0.4) is 0 Å². The lowest BCUT2D eigenvalue weighted by atomic mass is 10.1. The fourth-order valence-corrected chi connectivity index (χ4v) is 2.25. The van der Waals surface area contributed by atoms with Crippen molar-refractivity contribution in [2.75, 3.05) is 18.5 Å². The molecule has 1 fully saturated rings. The molecule has 0 saturated carbocycles. The van der Waals surface area contributed by atoms with Gasteiger partial charge in [0.25, 0.3) is 0 Å². The highest BCUT2D eigenvalue weighted by Crippen LogP contribution is 2.18. The maximum absolute atomic E-state index is 12.2. The van der Waals surface area contributed by atoms with Crippen molar-refractivity contribution in [2.45, 2.75) is 19.1 Å². The zero-order chi connectivity index (χ0) is 14.7. The molecule has 21 heavy (non-hydrogen) atoms. The van der Waals surface area contributed by atoms with E-state index < -0.39 is 0 Å². The van der Waals surface area contributed by atoms with Gasteiger partial charge in [-0.25, -0.2) is 0 Å². The number of morpholine rings is 1. The third-order valence-electron chi connectivity index (χ3n) is 3.37. The van der Waals surface area contributed by atoms with Gasteiger partial charge in [0.15, 0.2) is 0 Å². The number of ether oxygens (including phenoxy) is 1. The highest BCUT2D eigenvalue weighted by Gasteiger charge is 2.28. The van der Waals surface area contributed by atoms with Crippen molar-refractivity contribution in [3.05, 3.63) is 30.7 Å². The largest absolute Gasteiger partial charge is 0.375 e. The van der Waals surface area contributed by atoms with Crippen LogP contribution in [-0.2, 0) is 9.53 Å². The Balaban J connectivity index is 1.66. The summed E-state index contributed by atoms with van der Waals surface area (Å²) in [6, 6.07) is 6.93. The van der Waals surface area contributed by atoms with Gasteiger partial charge in [-0.3, -0.25) is 4.79 Å². The minimum atomic E-state index is -0.337. The van der Waals surface area contributed by atoms with Gasteiger partial charge in [0, 0.05) is 17.8 Å². The molecule has 0 aliphatic carbocycles. The van der Waals surface area contributed by atoms with Crippen molar-refractivity contribution in [3.63, 3.8) is 0 Å². The molecule has 2 atom stereocenters. The van der Waals surface area contributed by atoms with Crippen molar-refractivity contribution >= 4 is 11.6 Å². The van der Waals surface area contributed by atoms with E-state index in [1.54, 1.807) is 12.1 Å². The van der Waals surface area contributed by atoms with Gasteiger partial charge in [0.05, 0.1) is 12.7 Å². The van der Waals surface area contributed by atoms with Crippen molar-refractivity contribution < 1.29 is 14.1 Å². The highest BCUT2D eigenvalue weighted by molar-refractivity contribution is 5.95. The standard InChI is InChI=1S/C14H16N4O3/c1-9-12(15-6-7-20-9)14(19)17-11-4-2-10(3-5-11)13-16-8-21-18-13/h2-5,8-9,12,15H,6-7H2,1H3,(H,17,19)/t9-,12+/m1/s1. The molecule has 1 aromatic carbocycles. The Labute approximate surface area is 121 Å². The van der Waals surface area contributed by atoms with Gasteiger partial charge in [-0.1, -0.05) is 5.16 Å². The SMILES string of the molecule is C[C@H]1OCCN[C@@H]1C(=O)Nc1ccc(-c2ncon2)cc1. The van der Waals surface area contributed by atoms with E-state index in [1.807, 2.05) is 19.1 Å². The molecule has 3 rings (SSSR count). The zero-order valence-corrected chi connectivity index (χ0v) is 11.6. The minimum Gasteiger partial charge on any atom is -0.375 e. The van der Waals surface area contributed by atoms with E-state index in [2.05, 4.69) is 20.8 Å². The number of anilines is 1. The van der Waals surface area contributed by atoms with E-state index in [1.165, 1.54) is 6.39 Å². The second-order valence-electron chi connectivity index (χ2n) is 4.83. The molecule has 0 spiro atoms. The van der Waals surface area contributed by atoms with Crippen LogP contribution >= 0.6 is 0 Å². The van der Waals surface area contributed by atoms with Gasteiger partial charge in [-0.15, -0.1) is 0 Å². The molecule has 2 heterocycles. The highest BCUT2D eigenvalue weighted by atomic mass is 16.5. The molecule has 2 aromatic rings. The van der Waals surface area contributed by atoms with Crippen LogP contribution in [-0.4, -0.2) is 41.3 Å². The summed E-state index contributed by atoms with van der Waals surface area (Å²) >= 11 is 0. The number of amides is 1. The molecular weight excluding hydrogens is 272 g/mol. The van der Waals surface area contributed by atoms with Crippen LogP contribution in [0.5, 0.6) is 0 Å². The van der Waals surface area contributed by atoms with Gasteiger partial charge in [0.2, 0.25) is 18.1 Å². The Morgan fingerprint density at radius 2 is 2.19 bits per heavy atom. The van der Waals surface area contributed by atoms with Crippen LogP contribution in [0.2, 0.25) is 0 Å². The van der Waals surface area contributed by atoms with Crippen molar-refractivity contribution in [3.8, 4) is 11.4 Å². The Morgan fingerprint density at radius 3 is 2.86 bits per heavy atom. The van der Waals surface area contributed by atoms with Crippen LogP contribution in [0.4, 0.5) is 5.69 Å². The third-order valence-corrected chi connectivity index (χ3v) is 3.37. The predicted molar refractivity (Wildman–Crippen MR) is 75.6 cm³/mol. The summed E-state index contributed by atoms with van der Waals surface area (Å²) in [7, 11) is 0. The topological polar surface area (TPSA) is 89.3 Å². The number of nitrogens with one attached hydrogen (secondary N) is 2. The molecule has 7 nitrogen and oxygen atoms in total. The number of carbonyl (C=O) groups is 1. The number of nitrogens with zero attached hydrogens (tertiary/aromatic N) is 2. The van der Waals surface area contributed by atoms with E-state index in [4.69, 9.17) is 9.26 Å². The van der Waals surface area contributed by atoms with Crippen LogP contribution in [0.1, 0.15) is 6.92 Å².